The smallest absolute Gasteiger partial charge is 0.0487 e. The molecule has 3 rings (SSSR count). The molecule has 4 unspecified atom stereocenters. The van der Waals surface area contributed by atoms with Crippen LogP contribution in [0.3, 0.4) is 0 Å². The lowest BCUT2D eigenvalue weighted by Gasteiger charge is -2.60. The van der Waals surface area contributed by atoms with Crippen molar-refractivity contribution in [3.05, 3.63) is 0 Å². The fourth-order valence-electron chi connectivity index (χ4n) is 6.59. The summed E-state index contributed by atoms with van der Waals surface area (Å²) in [7, 11) is 0. The van der Waals surface area contributed by atoms with E-state index in [0.717, 1.165) is 5.92 Å². The Morgan fingerprint density at radius 3 is 2.19 bits per heavy atom. The largest absolute Gasteiger partial charge is 0.396 e. The summed E-state index contributed by atoms with van der Waals surface area (Å²) in [6.45, 7) is 10.2. The third-order valence-corrected chi connectivity index (χ3v) is 5.98. The molecule has 0 aliphatic heterocycles. The third-order valence-electron chi connectivity index (χ3n) is 5.98. The fraction of sp³-hybridized carbons (Fsp3) is 1.00. The zero-order valence-corrected chi connectivity index (χ0v) is 11.3. The van der Waals surface area contributed by atoms with Gasteiger partial charge in [0.2, 0.25) is 0 Å². The minimum absolute atomic E-state index is 0.261. The molecule has 92 valence electrons. The van der Waals surface area contributed by atoms with Crippen LogP contribution in [-0.4, -0.2) is 11.7 Å². The quantitative estimate of drug-likeness (QED) is 0.718. The first-order chi connectivity index (χ1) is 7.23. The van der Waals surface area contributed by atoms with E-state index in [4.69, 9.17) is 0 Å². The summed E-state index contributed by atoms with van der Waals surface area (Å²) in [5.41, 5.74) is 1.82. The summed E-state index contributed by atoms with van der Waals surface area (Å²) in [6, 6.07) is 0. The lowest BCUT2D eigenvalue weighted by Crippen LogP contribution is -2.52. The van der Waals surface area contributed by atoms with Crippen LogP contribution in [0.4, 0.5) is 0 Å². The van der Waals surface area contributed by atoms with Crippen LogP contribution < -0.4 is 0 Å². The molecule has 3 aliphatic carbocycles. The molecule has 3 saturated carbocycles. The zero-order valence-electron chi connectivity index (χ0n) is 11.3. The van der Waals surface area contributed by atoms with E-state index >= 15 is 0 Å². The van der Waals surface area contributed by atoms with Gasteiger partial charge in [-0.25, -0.2) is 0 Å². The van der Waals surface area contributed by atoms with Crippen LogP contribution in [0.15, 0.2) is 0 Å². The first kappa shape index (κ1) is 11.1. The van der Waals surface area contributed by atoms with Crippen molar-refractivity contribution in [3.63, 3.8) is 0 Å². The van der Waals surface area contributed by atoms with E-state index in [9.17, 15) is 5.11 Å². The zero-order chi connectivity index (χ0) is 11.8. The molecule has 0 heterocycles. The van der Waals surface area contributed by atoms with Gasteiger partial charge in [-0.15, -0.1) is 0 Å². The van der Waals surface area contributed by atoms with Gasteiger partial charge in [0.15, 0.2) is 0 Å². The number of fused-ring (bicyclic) bond motifs is 1. The highest BCUT2D eigenvalue weighted by atomic mass is 16.3. The molecule has 0 spiro atoms. The highest BCUT2D eigenvalue weighted by molar-refractivity contribution is 5.18. The lowest BCUT2D eigenvalue weighted by molar-refractivity contribution is -0.113. The van der Waals surface area contributed by atoms with Crippen LogP contribution in [0, 0.1) is 27.6 Å². The standard InChI is InChI=1S/C15H26O/c1-12(2)6-13(3)8-14(4)9-15(7-12,10-16)5-11(13)14/h11,16H,5-10H2,1-4H3. The minimum Gasteiger partial charge on any atom is -0.396 e. The van der Waals surface area contributed by atoms with E-state index in [1.807, 2.05) is 0 Å². The van der Waals surface area contributed by atoms with Crippen molar-refractivity contribution in [1.82, 2.24) is 0 Å². The van der Waals surface area contributed by atoms with E-state index in [2.05, 4.69) is 27.7 Å². The van der Waals surface area contributed by atoms with Gasteiger partial charge in [0, 0.05) is 6.61 Å². The summed E-state index contributed by atoms with van der Waals surface area (Å²) < 4.78 is 0. The third kappa shape index (κ3) is 1.21. The second kappa shape index (κ2) is 2.68. The first-order valence-electron chi connectivity index (χ1n) is 6.84. The molecule has 0 aromatic carbocycles. The second-order valence-corrected chi connectivity index (χ2v) is 8.59. The van der Waals surface area contributed by atoms with Gasteiger partial charge in [-0.05, 0) is 59.7 Å². The van der Waals surface area contributed by atoms with Crippen molar-refractivity contribution in [3.8, 4) is 0 Å². The SMILES string of the molecule is CC1(C)CC2(CO)CC3C(C)(C1)CC3(C)C2. The van der Waals surface area contributed by atoms with E-state index < -0.39 is 0 Å². The predicted octanol–water partition coefficient (Wildman–Crippen LogP) is 3.61. The number of rotatable bonds is 1. The van der Waals surface area contributed by atoms with Crippen LogP contribution in [0.2, 0.25) is 0 Å². The molecule has 0 amide bonds. The monoisotopic (exact) mass is 222 g/mol. The molecule has 1 nitrogen and oxygen atoms in total. The maximum absolute atomic E-state index is 9.86. The second-order valence-electron chi connectivity index (χ2n) is 8.59. The van der Waals surface area contributed by atoms with Gasteiger partial charge in [-0.3, -0.25) is 0 Å². The van der Waals surface area contributed by atoms with Crippen molar-refractivity contribution in [2.45, 2.75) is 59.8 Å². The molecule has 0 aromatic rings. The average molecular weight is 222 g/mol. The topological polar surface area (TPSA) is 20.2 Å². The van der Waals surface area contributed by atoms with Crippen molar-refractivity contribution in [1.29, 1.82) is 0 Å². The molecule has 3 fully saturated rings. The molecular weight excluding hydrogens is 196 g/mol. The van der Waals surface area contributed by atoms with Crippen LogP contribution in [0.5, 0.6) is 0 Å². The van der Waals surface area contributed by atoms with Crippen LogP contribution >= 0.6 is 0 Å². The molecule has 4 atom stereocenters. The van der Waals surface area contributed by atoms with Crippen molar-refractivity contribution in [2.24, 2.45) is 27.6 Å². The van der Waals surface area contributed by atoms with Crippen LogP contribution in [0.25, 0.3) is 0 Å². The highest BCUT2D eigenvalue weighted by Crippen LogP contribution is 2.77. The first-order valence-corrected chi connectivity index (χ1v) is 6.84. The Kier molecular flexibility index (Phi) is 1.86. The Hall–Kier alpha value is -0.0400. The molecule has 0 aromatic heterocycles. The van der Waals surface area contributed by atoms with E-state index in [1.165, 1.54) is 32.1 Å². The van der Waals surface area contributed by atoms with Gasteiger partial charge >= 0.3 is 0 Å². The molecule has 1 N–H and O–H groups in total. The summed E-state index contributed by atoms with van der Waals surface area (Å²) >= 11 is 0. The normalized spacial score (nSPS) is 57.9. The summed E-state index contributed by atoms with van der Waals surface area (Å²) in [5.74, 6) is 0.883. The highest BCUT2D eigenvalue weighted by Gasteiger charge is 2.68. The van der Waals surface area contributed by atoms with Gasteiger partial charge in [0.1, 0.15) is 0 Å². The molecule has 16 heavy (non-hydrogen) atoms. The van der Waals surface area contributed by atoms with Gasteiger partial charge < -0.3 is 5.11 Å². The fourth-order valence-corrected chi connectivity index (χ4v) is 6.59. The molecule has 0 radical (unpaired) electrons. The van der Waals surface area contributed by atoms with E-state index in [0.29, 0.717) is 22.9 Å². The lowest BCUT2D eigenvalue weighted by atomic mass is 9.44. The maximum Gasteiger partial charge on any atom is 0.0487 e. The number of hydrogen-bond acceptors (Lipinski definition) is 1. The molecule has 3 aliphatic rings. The van der Waals surface area contributed by atoms with Crippen molar-refractivity contribution < 1.29 is 5.11 Å². The Morgan fingerprint density at radius 2 is 1.56 bits per heavy atom. The molecule has 1 heteroatoms. The summed E-state index contributed by atoms with van der Waals surface area (Å²) in [4.78, 5) is 0. The van der Waals surface area contributed by atoms with E-state index in [-0.39, 0.29) is 5.41 Å². The Balaban J connectivity index is 2.02. The van der Waals surface area contributed by atoms with Crippen molar-refractivity contribution in [2.75, 3.05) is 6.61 Å². The van der Waals surface area contributed by atoms with Crippen molar-refractivity contribution >= 4 is 0 Å². The Labute approximate surface area is 99.6 Å². The summed E-state index contributed by atoms with van der Waals surface area (Å²) in [6.07, 6.45) is 6.57. The van der Waals surface area contributed by atoms with Gasteiger partial charge in [0.25, 0.3) is 0 Å². The Morgan fingerprint density at radius 1 is 0.938 bits per heavy atom. The predicted molar refractivity (Wildman–Crippen MR) is 66.1 cm³/mol. The number of hydrogen-bond donors (Lipinski definition) is 1. The maximum atomic E-state index is 9.86. The molecule has 2 bridgehead atoms. The van der Waals surface area contributed by atoms with E-state index in [1.54, 1.807) is 0 Å². The summed E-state index contributed by atoms with van der Waals surface area (Å²) in [5, 5.41) is 9.86. The van der Waals surface area contributed by atoms with Crippen LogP contribution in [0.1, 0.15) is 59.8 Å². The van der Waals surface area contributed by atoms with Gasteiger partial charge in [0.05, 0.1) is 0 Å². The van der Waals surface area contributed by atoms with Gasteiger partial charge in [-0.1, -0.05) is 27.7 Å². The average Bonchev–Trinajstić information content (AvgIpc) is 2.29. The Bertz CT molecular complexity index is 334. The van der Waals surface area contributed by atoms with Gasteiger partial charge in [-0.2, -0.15) is 0 Å². The number of aliphatic hydroxyl groups is 1. The minimum atomic E-state index is 0.261. The molecule has 0 saturated heterocycles. The van der Waals surface area contributed by atoms with Crippen LogP contribution in [-0.2, 0) is 0 Å². The number of aliphatic hydroxyl groups excluding tert-OH is 1. The molecular formula is C15H26O.